The summed E-state index contributed by atoms with van der Waals surface area (Å²) in [4.78, 5) is 17.3. The van der Waals surface area contributed by atoms with Crippen molar-refractivity contribution in [1.29, 1.82) is 0 Å². The average molecular weight is 446 g/mol. The van der Waals surface area contributed by atoms with E-state index in [-0.39, 0.29) is 30.4 Å². The minimum absolute atomic E-state index is 0.00942. The van der Waals surface area contributed by atoms with E-state index in [4.69, 9.17) is 9.94 Å². The summed E-state index contributed by atoms with van der Waals surface area (Å²) in [5, 5.41) is 15.5. The van der Waals surface area contributed by atoms with Gasteiger partial charge in [0.15, 0.2) is 0 Å². The number of aliphatic hydroxyl groups is 1. The van der Waals surface area contributed by atoms with E-state index >= 15 is 0 Å². The molecule has 0 aromatic heterocycles. The molecule has 3 rings (SSSR count). The van der Waals surface area contributed by atoms with Gasteiger partial charge in [0, 0.05) is 32.0 Å². The van der Waals surface area contributed by atoms with Gasteiger partial charge in [0.05, 0.1) is 17.2 Å². The van der Waals surface area contributed by atoms with Gasteiger partial charge in [-0.25, -0.2) is 8.42 Å². The summed E-state index contributed by atoms with van der Waals surface area (Å²) < 4.78 is 28.0. The van der Waals surface area contributed by atoms with Crippen molar-refractivity contribution in [3.8, 4) is 11.1 Å². The fraction of sp³-hybridized carbons (Fsp3) is 0.364. The first-order valence-corrected chi connectivity index (χ1v) is 11.5. The Morgan fingerprint density at radius 2 is 1.84 bits per heavy atom. The van der Waals surface area contributed by atoms with E-state index in [9.17, 15) is 13.2 Å². The third kappa shape index (κ3) is 5.69. The van der Waals surface area contributed by atoms with Gasteiger partial charge in [0.1, 0.15) is 7.11 Å². The number of hydrogen-bond donors (Lipinski definition) is 2. The molecule has 1 amide bonds. The number of sulfonamides is 1. The van der Waals surface area contributed by atoms with Gasteiger partial charge < -0.3 is 15.3 Å². The number of nitrogens with zero attached hydrogens (tertiary/aromatic N) is 2. The van der Waals surface area contributed by atoms with Gasteiger partial charge in [-0.15, -0.1) is 0 Å². The molecule has 0 bridgehead atoms. The summed E-state index contributed by atoms with van der Waals surface area (Å²) in [6.07, 6.45) is 0.778. The van der Waals surface area contributed by atoms with Crippen LogP contribution in [0, 0.1) is 0 Å². The van der Waals surface area contributed by atoms with Gasteiger partial charge in [-0.2, -0.15) is 4.31 Å². The van der Waals surface area contributed by atoms with Crippen LogP contribution in [0.4, 0.5) is 0 Å². The molecular weight excluding hydrogens is 418 g/mol. The molecule has 9 heteroatoms. The predicted molar refractivity (Wildman–Crippen MR) is 118 cm³/mol. The maximum Gasteiger partial charge on any atom is 0.243 e. The number of nitrogens with one attached hydrogen (secondary N) is 1. The van der Waals surface area contributed by atoms with Gasteiger partial charge in [-0.05, 0) is 29.7 Å². The molecule has 0 radical (unpaired) electrons. The van der Waals surface area contributed by atoms with Crippen LogP contribution in [-0.2, 0) is 19.7 Å². The van der Waals surface area contributed by atoms with Crippen molar-refractivity contribution in [3.05, 3.63) is 54.6 Å². The molecule has 1 atom stereocenters. The summed E-state index contributed by atoms with van der Waals surface area (Å²) >= 11 is 0. The maximum atomic E-state index is 13.3. The van der Waals surface area contributed by atoms with Crippen LogP contribution in [0.5, 0.6) is 0 Å². The Kier molecular flexibility index (Phi) is 7.78. The lowest BCUT2D eigenvalue weighted by Crippen LogP contribution is -2.39. The Morgan fingerprint density at radius 3 is 2.48 bits per heavy atom. The van der Waals surface area contributed by atoms with Crippen molar-refractivity contribution >= 4 is 21.6 Å². The minimum Gasteiger partial charge on any atom is -0.399 e. The lowest BCUT2D eigenvalue weighted by atomic mass is 10.1. The van der Waals surface area contributed by atoms with Crippen LogP contribution < -0.4 is 5.32 Å². The summed E-state index contributed by atoms with van der Waals surface area (Å²) in [7, 11) is -2.43. The molecule has 2 aromatic carbocycles. The SMILES string of the molecule is CON=C1C[C@@H](CC(=O)NCCCO)N(S(=O)(=O)c2ccc(-c3ccccc3)cc2)C1. The molecule has 1 aliphatic heterocycles. The highest BCUT2D eigenvalue weighted by Crippen LogP contribution is 2.28. The summed E-state index contributed by atoms with van der Waals surface area (Å²) in [6.45, 7) is 0.397. The Balaban J connectivity index is 1.80. The van der Waals surface area contributed by atoms with Crippen LogP contribution in [0.15, 0.2) is 64.6 Å². The van der Waals surface area contributed by atoms with E-state index in [1.165, 1.54) is 11.4 Å². The van der Waals surface area contributed by atoms with Gasteiger partial charge in [0.2, 0.25) is 15.9 Å². The first-order valence-electron chi connectivity index (χ1n) is 10.1. The summed E-state index contributed by atoms with van der Waals surface area (Å²) in [5.41, 5.74) is 2.49. The van der Waals surface area contributed by atoms with Crippen molar-refractivity contribution in [3.63, 3.8) is 0 Å². The Hall–Kier alpha value is -2.75. The van der Waals surface area contributed by atoms with Crippen LogP contribution in [0.25, 0.3) is 11.1 Å². The smallest absolute Gasteiger partial charge is 0.243 e. The highest BCUT2D eigenvalue weighted by Gasteiger charge is 2.39. The normalized spacial score (nSPS) is 18.3. The van der Waals surface area contributed by atoms with Crippen LogP contribution in [0.2, 0.25) is 0 Å². The minimum atomic E-state index is -3.83. The lowest BCUT2D eigenvalue weighted by Gasteiger charge is -2.23. The number of benzene rings is 2. The quantitative estimate of drug-likeness (QED) is 0.453. The number of oxime groups is 1. The second-order valence-electron chi connectivity index (χ2n) is 7.27. The van der Waals surface area contributed by atoms with Crippen LogP contribution in [0.1, 0.15) is 19.3 Å². The van der Waals surface area contributed by atoms with E-state index < -0.39 is 16.1 Å². The van der Waals surface area contributed by atoms with Crippen molar-refractivity contribution in [2.24, 2.45) is 5.16 Å². The predicted octanol–water partition coefficient (Wildman–Crippen LogP) is 2.01. The standard InChI is InChI=1S/C22H27N3O5S/c1-30-24-19-14-20(15-22(27)23-12-5-13-26)25(16-19)31(28,29)21-10-8-18(9-11-21)17-6-3-2-4-7-17/h2-4,6-11,20,26H,5,12-16H2,1H3,(H,23,27)/t20-/m0/s1. The van der Waals surface area contributed by atoms with Crippen LogP contribution in [-0.4, -0.2) is 62.3 Å². The van der Waals surface area contributed by atoms with E-state index in [1.807, 2.05) is 30.3 Å². The first-order chi connectivity index (χ1) is 15.0. The zero-order valence-corrected chi connectivity index (χ0v) is 18.2. The fourth-order valence-corrected chi connectivity index (χ4v) is 5.19. The fourth-order valence-electron chi connectivity index (χ4n) is 3.58. The molecule has 1 aliphatic rings. The van der Waals surface area contributed by atoms with Crippen molar-refractivity contribution < 1.29 is 23.2 Å². The first kappa shape index (κ1) is 22.9. The van der Waals surface area contributed by atoms with E-state index in [0.29, 0.717) is 25.1 Å². The molecular formula is C22H27N3O5S. The highest BCUT2D eigenvalue weighted by molar-refractivity contribution is 7.89. The van der Waals surface area contributed by atoms with Crippen LogP contribution in [0.3, 0.4) is 0 Å². The molecule has 0 saturated carbocycles. The Labute approximate surface area is 182 Å². The van der Waals surface area contributed by atoms with Crippen molar-refractivity contribution in [1.82, 2.24) is 9.62 Å². The molecule has 2 N–H and O–H groups in total. The third-order valence-corrected chi connectivity index (χ3v) is 7.00. The highest BCUT2D eigenvalue weighted by atomic mass is 32.2. The van der Waals surface area contributed by atoms with Gasteiger partial charge in [-0.3, -0.25) is 4.79 Å². The molecule has 8 nitrogen and oxygen atoms in total. The lowest BCUT2D eigenvalue weighted by molar-refractivity contribution is -0.121. The number of aliphatic hydroxyl groups excluding tert-OH is 1. The zero-order valence-electron chi connectivity index (χ0n) is 17.4. The Morgan fingerprint density at radius 1 is 1.16 bits per heavy atom. The van der Waals surface area contributed by atoms with Crippen LogP contribution >= 0.6 is 0 Å². The Bertz CT molecular complexity index is 1010. The van der Waals surface area contributed by atoms with Crippen molar-refractivity contribution in [2.75, 3.05) is 26.8 Å². The average Bonchev–Trinajstić information content (AvgIpc) is 3.18. The third-order valence-electron chi connectivity index (χ3n) is 5.08. The summed E-state index contributed by atoms with van der Waals surface area (Å²) in [5.74, 6) is -0.267. The monoisotopic (exact) mass is 445 g/mol. The van der Waals surface area contributed by atoms with Crippen molar-refractivity contribution in [2.45, 2.75) is 30.2 Å². The van der Waals surface area contributed by atoms with Gasteiger partial charge >= 0.3 is 0 Å². The number of carbonyl (C=O) groups excluding carboxylic acids is 1. The molecule has 1 saturated heterocycles. The molecule has 2 aromatic rings. The van der Waals surface area contributed by atoms with Gasteiger partial charge in [0.25, 0.3) is 0 Å². The largest absolute Gasteiger partial charge is 0.399 e. The molecule has 0 aliphatic carbocycles. The molecule has 1 heterocycles. The number of hydrogen-bond acceptors (Lipinski definition) is 6. The zero-order chi connectivity index (χ0) is 22.3. The van der Waals surface area contributed by atoms with E-state index in [1.54, 1.807) is 24.3 Å². The molecule has 0 spiro atoms. The number of carbonyl (C=O) groups is 1. The van der Waals surface area contributed by atoms with E-state index in [0.717, 1.165) is 11.1 Å². The number of amides is 1. The molecule has 166 valence electrons. The molecule has 1 fully saturated rings. The topological polar surface area (TPSA) is 108 Å². The maximum absolute atomic E-state index is 13.3. The molecule has 0 unspecified atom stereocenters. The van der Waals surface area contributed by atoms with Gasteiger partial charge in [-0.1, -0.05) is 47.6 Å². The number of rotatable bonds is 9. The second-order valence-corrected chi connectivity index (χ2v) is 9.16. The van der Waals surface area contributed by atoms with E-state index in [2.05, 4.69) is 10.5 Å². The second kappa shape index (κ2) is 10.5. The summed E-state index contributed by atoms with van der Waals surface area (Å²) in [6, 6.07) is 15.9. The molecule has 31 heavy (non-hydrogen) atoms.